The van der Waals surface area contributed by atoms with Crippen molar-refractivity contribution in [1.29, 1.82) is 0 Å². The standard InChI is InChI=1S/C18H22FN3O2/c1-12-8-15(22(2)3)5-7-17(12)21-18(24)20-10-13-4-6-16(19)14(9-13)11-23/h4-9,23H,10-11H2,1-3H3,(H2,20,21,24). The molecule has 2 amide bonds. The normalized spacial score (nSPS) is 10.4. The summed E-state index contributed by atoms with van der Waals surface area (Å²) in [7, 11) is 3.91. The van der Waals surface area contributed by atoms with E-state index in [1.54, 1.807) is 6.07 Å². The molecule has 0 saturated heterocycles. The molecule has 0 heterocycles. The lowest BCUT2D eigenvalue weighted by molar-refractivity contribution is 0.251. The number of urea groups is 1. The van der Waals surface area contributed by atoms with Crippen LogP contribution in [-0.4, -0.2) is 25.2 Å². The van der Waals surface area contributed by atoms with Gasteiger partial charge in [0.15, 0.2) is 0 Å². The van der Waals surface area contributed by atoms with E-state index >= 15 is 0 Å². The zero-order valence-corrected chi connectivity index (χ0v) is 14.1. The number of anilines is 2. The number of aliphatic hydroxyl groups excluding tert-OH is 1. The molecule has 0 saturated carbocycles. The van der Waals surface area contributed by atoms with Crippen LogP contribution in [0.15, 0.2) is 36.4 Å². The summed E-state index contributed by atoms with van der Waals surface area (Å²) >= 11 is 0. The first-order valence-corrected chi connectivity index (χ1v) is 7.61. The molecule has 2 aromatic rings. The monoisotopic (exact) mass is 331 g/mol. The van der Waals surface area contributed by atoms with Crippen molar-refractivity contribution in [2.45, 2.75) is 20.1 Å². The first kappa shape index (κ1) is 17.7. The zero-order valence-electron chi connectivity index (χ0n) is 14.1. The van der Waals surface area contributed by atoms with Crippen LogP contribution in [-0.2, 0) is 13.2 Å². The Kier molecular flexibility index (Phi) is 5.76. The van der Waals surface area contributed by atoms with Gasteiger partial charge in [0.1, 0.15) is 5.82 Å². The summed E-state index contributed by atoms with van der Waals surface area (Å²) in [4.78, 5) is 14.0. The molecule has 0 unspecified atom stereocenters. The molecular formula is C18H22FN3O2. The molecule has 0 bridgehead atoms. The van der Waals surface area contributed by atoms with Gasteiger partial charge in [0.25, 0.3) is 0 Å². The van der Waals surface area contributed by atoms with E-state index in [2.05, 4.69) is 10.6 Å². The Morgan fingerprint density at radius 1 is 1.21 bits per heavy atom. The van der Waals surface area contributed by atoms with Crippen LogP contribution >= 0.6 is 0 Å². The number of amides is 2. The molecule has 0 atom stereocenters. The second-order valence-corrected chi connectivity index (χ2v) is 5.79. The number of hydrogen-bond acceptors (Lipinski definition) is 3. The lowest BCUT2D eigenvalue weighted by Gasteiger charge is -2.16. The molecule has 0 radical (unpaired) electrons. The van der Waals surface area contributed by atoms with Gasteiger partial charge in [-0.3, -0.25) is 0 Å². The fourth-order valence-electron chi connectivity index (χ4n) is 2.27. The van der Waals surface area contributed by atoms with Crippen LogP contribution in [0.4, 0.5) is 20.6 Å². The Bertz CT molecular complexity index is 732. The molecule has 5 nitrogen and oxygen atoms in total. The number of rotatable bonds is 5. The van der Waals surface area contributed by atoms with Gasteiger partial charge < -0.3 is 20.6 Å². The smallest absolute Gasteiger partial charge is 0.319 e. The Hall–Kier alpha value is -2.60. The first-order chi connectivity index (χ1) is 11.4. The van der Waals surface area contributed by atoms with E-state index in [1.807, 2.05) is 44.1 Å². The maximum absolute atomic E-state index is 13.3. The van der Waals surface area contributed by atoms with Crippen molar-refractivity contribution < 1.29 is 14.3 Å². The van der Waals surface area contributed by atoms with E-state index in [4.69, 9.17) is 5.11 Å². The van der Waals surface area contributed by atoms with Crippen molar-refractivity contribution in [3.63, 3.8) is 0 Å². The van der Waals surface area contributed by atoms with Crippen LogP contribution in [0.5, 0.6) is 0 Å². The molecule has 0 aromatic heterocycles. The lowest BCUT2D eigenvalue weighted by Crippen LogP contribution is -2.28. The number of halogens is 1. The Morgan fingerprint density at radius 3 is 2.58 bits per heavy atom. The first-order valence-electron chi connectivity index (χ1n) is 7.61. The van der Waals surface area contributed by atoms with Crippen molar-refractivity contribution in [2.75, 3.05) is 24.3 Å². The zero-order chi connectivity index (χ0) is 17.7. The van der Waals surface area contributed by atoms with Crippen molar-refractivity contribution in [1.82, 2.24) is 5.32 Å². The van der Waals surface area contributed by atoms with Crippen molar-refractivity contribution in [3.05, 3.63) is 58.9 Å². The molecule has 0 fully saturated rings. The van der Waals surface area contributed by atoms with E-state index in [0.29, 0.717) is 0 Å². The average Bonchev–Trinajstić information content (AvgIpc) is 2.55. The van der Waals surface area contributed by atoms with Crippen LogP contribution in [0.25, 0.3) is 0 Å². The van der Waals surface area contributed by atoms with Gasteiger partial charge >= 0.3 is 6.03 Å². The Morgan fingerprint density at radius 2 is 1.96 bits per heavy atom. The second-order valence-electron chi connectivity index (χ2n) is 5.79. The number of nitrogens with one attached hydrogen (secondary N) is 2. The molecular weight excluding hydrogens is 309 g/mol. The Labute approximate surface area is 141 Å². The summed E-state index contributed by atoms with van der Waals surface area (Å²) in [5, 5.41) is 14.6. The minimum atomic E-state index is -0.456. The quantitative estimate of drug-likeness (QED) is 0.789. The average molecular weight is 331 g/mol. The van der Waals surface area contributed by atoms with E-state index in [1.165, 1.54) is 12.1 Å². The van der Waals surface area contributed by atoms with Gasteiger partial charge in [-0.05, 0) is 48.4 Å². The minimum Gasteiger partial charge on any atom is -0.392 e. The number of aryl methyl sites for hydroxylation is 1. The highest BCUT2D eigenvalue weighted by Crippen LogP contribution is 2.21. The fraction of sp³-hybridized carbons (Fsp3) is 0.278. The van der Waals surface area contributed by atoms with Gasteiger partial charge in [-0.15, -0.1) is 0 Å². The molecule has 2 aromatic carbocycles. The number of benzene rings is 2. The van der Waals surface area contributed by atoms with E-state index < -0.39 is 5.82 Å². The third-order valence-corrected chi connectivity index (χ3v) is 3.71. The molecule has 0 aliphatic carbocycles. The predicted molar refractivity (Wildman–Crippen MR) is 93.7 cm³/mol. The third kappa shape index (κ3) is 4.45. The SMILES string of the molecule is Cc1cc(N(C)C)ccc1NC(=O)NCc1ccc(F)c(CO)c1. The molecule has 6 heteroatoms. The minimum absolute atomic E-state index is 0.213. The highest BCUT2D eigenvalue weighted by molar-refractivity contribution is 5.90. The van der Waals surface area contributed by atoms with Gasteiger partial charge in [0, 0.05) is 37.6 Å². The van der Waals surface area contributed by atoms with Gasteiger partial charge in [-0.2, -0.15) is 0 Å². The van der Waals surface area contributed by atoms with E-state index in [-0.39, 0.29) is 24.7 Å². The molecule has 0 spiro atoms. The maximum atomic E-state index is 13.3. The molecule has 24 heavy (non-hydrogen) atoms. The van der Waals surface area contributed by atoms with Gasteiger partial charge in [-0.25, -0.2) is 9.18 Å². The number of carbonyl (C=O) groups is 1. The van der Waals surface area contributed by atoms with Gasteiger partial charge in [-0.1, -0.05) is 6.07 Å². The Balaban J connectivity index is 1.96. The van der Waals surface area contributed by atoms with Crippen LogP contribution in [0.2, 0.25) is 0 Å². The summed E-state index contributed by atoms with van der Waals surface area (Å²) < 4.78 is 13.3. The van der Waals surface area contributed by atoms with Crippen LogP contribution < -0.4 is 15.5 Å². The van der Waals surface area contributed by atoms with Crippen molar-refractivity contribution >= 4 is 17.4 Å². The fourth-order valence-corrected chi connectivity index (χ4v) is 2.27. The highest BCUT2D eigenvalue weighted by Gasteiger charge is 2.07. The van der Waals surface area contributed by atoms with Crippen LogP contribution in [0, 0.1) is 12.7 Å². The van der Waals surface area contributed by atoms with Crippen molar-refractivity contribution in [2.24, 2.45) is 0 Å². The number of hydrogen-bond donors (Lipinski definition) is 3. The molecule has 2 rings (SSSR count). The molecule has 0 aliphatic rings. The molecule has 128 valence electrons. The molecule has 0 aliphatic heterocycles. The highest BCUT2D eigenvalue weighted by atomic mass is 19.1. The van der Waals surface area contributed by atoms with Gasteiger partial charge in [0.05, 0.1) is 6.61 Å². The third-order valence-electron chi connectivity index (χ3n) is 3.71. The largest absolute Gasteiger partial charge is 0.392 e. The summed E-state index contributed by atoms with van der Waals surface area (Å²) in [6.07, 6.45) is 0. The lowest BCUT2D eigenvalue weighted by atomic mass is 10.1. The number of carbonyl (C=O) groups excluding carboxylic acids is 1. The summed E-state index contributed by atoms with van der Waals surface area (Å²) in [5.41, 5.74) is 3.68. The summed E-state index contributed by atoms with van der Waals surface area (Å²) in [6.45, 7) is 1.80. The number of aliphatic hydroxyl groups is 1. The molecule has 3 N–H and O–H groups in total. The topological polar surface area (TPSA) is 64.6 Å². The second kappa shape index (κ2) is 7.79. The van der Waals surface area contributed by atoms with Crippen molar-refractivity contribution in [3.8, 4) is 0 Å². The van der Waals surface area contributed by atoms with Crippen LogP contribution in [0.3, 0.4) is 0 Å². The maximum Gasteiger partial charge on any atom is 0.319 e. The summed E-state index contributed by atoms with van der Waals surface area (Å²) in [5.74, 6) is -0.456. The predicted octanol–water partition coefficient (Wildman–Crippen LogP) is 3.01. The summed E-state index contributed by atoms with van der Waals surface area (Å²) in [6, 6.07) is 9.82. The van der Waals surface area contributed by atoms with E-state index in [9.17, 15) is 9.18 Å². The van der Waals surface area contributed by atoms with Gasteiger partial charge in [0.2, 0.25) is 0 Å². The van der Waals surface area contributed by atoms with Crippen LogP contribution in [0.1, 0.15) is 16.7 Å². The number of nitrogens with zero attached hydrogens (tertiary/aromatic N) is 1. The van der Waals surface area contributed by atoms with E-state index in [0.717, 1.165) is 22.5 Å².